The zero-order valence-electron chi connectivity index (χ0n) is 11.8. The van der Waals surface area contributed by atoms with Gasteiger partial charge >= 0.3 is 0 Å². The zero-order valence-corrected chi connectivity index (χ0v) is 13.4. The Bertz CT molecular complexity index is 377. The molecule has 2 aliphatic rings. The molecule has 2 saturated heterocycles. The molecule has 0 aromatic carbocycles. The van der Waals surface area contributed by atoms with Crippen molar-refractivity contribution in [3.05, 3.63) is 0 Å². The highest BCUT2D eigenvalue weighted by Crippen LogP contribution is 2.19. The number of piperidine rings is 2. The second kappa shape index (κ2) is 7.22. The molecule has 0 spiro atoms. The molecule has 2 rings (SSSR count). The second-order valence-electron chi connectivity index (χ2n) is 5.80. The first-order valence-corrected chi connectivity index (χ1v) is 8.41. The smallest absolute Gasteiger partial charge is 0.279 e. The van der Waals surface area contributed by atoms with Crippen LogP contribution in [0.15, 0.2) is 0 Å². The summed E-state index contributed by atoms with van der Waals surface area (Å²) >= 11 is 0. The second-order valence-corrected chi connectivity index (χ2v) is 7.51. The highest BCUT2D eigenvalue weighted by Gasteiger charge is 2.31. The molecule has 2 heterocycles. The van der Waals surface area contributed by atoms with Crippen LogP contribution >= 0.6 is 12.4 Å². The van der Waals surface area contributed by atoms with Crippen molar-refractivity contribution in [3.8, 4) is 0 Å². The molecule has 2 N–H and O–H groups in total. The van der Waals surface area contributed by atoms with Gasteiger partial charge < -0.3 is 5.32 Å². The van der Waals surface area contributed by atoms with Gasteiger partial charge in [0.1, 0.15) is 0 Å². The van der Waals surface area contributed by atoms with Crippen molar-refractivity contribution in [2.45, 2.75) is 39.2 Å². The monoisotopic (exact) mass is 311 g/mol. The van der Waals surface area contributed by atoms with E-state index in [0.29, 0.717) is 24.9 Å². The van der Waals surface area contributed by atoms with Crippen molar-refractivity contribution in [1.29, 1.82) is 0 Å². The minimum absolute atomic E-state index is 0. The lowest BCUT2D eigenvalue weighted by Crippen LogP contribution is -2.55. The first-order chi connectivity index (χ1) is 8.49. The maximum absolute atomic E-state index is 12.3. The average molecular weight is 312 g/mol. The number of nitrogens with zero attached hydrogens (tertiary/aromatic N) is 1. The Balaban J connectivity index is 0.00000180. The predicted molar refractivity (Wildman–Crippen MR) is 79.7 cm³/mol. The Morgan fingerprint density at radius 3 is 2.63 bits per heavy atom. The standard InChI is InChI=1S/C12H25N3O2S.ClH/c1-10-4-3-7-15(9-10)18(16,17)14-12-8-13-6-5-11(12)2;/h10-14H,3-9H2,1-2H3;1H. The largest absolute Gasteiger partial charge is 0.315 e. The third-order valence-electron chi connectivity index (χ3n) is 4.09. The number of hydrogen-bond donors (Lipinski definition) is 2. The summed E-state index contributed by atoms with van der Waals surface area (Å²) in [4.78, 5) is 0. The van der Waals surface area contributed by atoms with Crippen molar-refractivity contribution in [3.63, 3.8) is 0 Å². The first kappa shape index (κ1) is 17.2. The molecule has 0 bridgehead atoms. The van der Waals surface area contributed by atoms with Crippen molar-refractivity contribution < 1.29 is 8.42 Å². The van der Waals surface area contributed by atoms with Crippen LogP contribution in [0.3, 0.4) is 0 Å². The maximum atomic E-state index is 12.3. The van der Waals surface area contributed by atoms with Gasteiger partial charge in [0.05, 0.1) is 0 Å². The molecule has 0 aromatic heterocycles. The average Bonchev–Trinajstić information content (AvgIpc) is 2.32. The van der Waals surface area contributed by atoms with Gasteiger partial charge in [-0.25, -0.2) is 0 Å². The van der Waals surface area contributed by atoms with Gasteiger partial charge in [0.15, 0.2) is 0 Å². The summed E-state index contributed by atoms with van der Waals surface area (Å²) in [6.07, 6.45) is 3.14. The third-order valence-corrected chi connectivity index (χ3v) is 5.70. The Morgan fingerprint density at radius 2 is 2.00 bits per heavy atom. The normalized spacial score (nSPS) is 33.7. The van der Waals surface area contributed by atoms with Crippen LogP contribution in [-0.2, 0) is 10.2 Å². The first-order valence-electron chi connectivity index (χ1n) is 6.97. The predicted octanol–water partition coefficient (Wildman–Crippen LogP) is 0.972. The number of rotatable bonds is 3. The Kier molecular flexibility index (Phi) is 6.53. The van der Waals surface area contributed by atoms with E-state index >= 15 is 0 Å². The van der Waals surface area contributed by atoms with Gasteiger partial charge in [-0.05, 0) is 37.6 Å². The number of hydrogen-bond acceptors (Lipinski definition) is 3. The molecular formula is C12H26ClN3O2S. The summed E-state index contributed by atoms with van der Waals surface area (Å²) in [6, 6.07) is 0.0287. The van der Waals surface area contributed by atoms with Gasteiger partial charge in [-0.1, -0.05) is 13.8 Å². The van der Waals surface area contributed by atoms with Crippen molar-refractivity contribution in [2.75, 3.05) is 26.2 Å². The van der Waals surface area contributed by atoms with Gasteiger partial charge in [0, 0.05) is 25.7 Å². The van der Waals surface area contributed by atoms with Gasteiger partial charge in [-0.2, -0.15) is 17.4 Å². The maximum Gasteiger partial charge on any atom is 0.279 e. The molecule has 0 saturated carbocycles. The van der Waals surface area contributed by atoms with Crippen LogP contribution in [-0.4, -0.2) is 44.9 Å². The fourth-order valence-electron chi connectivity index (χ4n) is 2.78. The fraction of sp³-hybridized carbons (Fsp3) is 1.00. The Morgan fingerprint density at radius 1 is 1.26 bits per heavy atom. The van der Waals surface area contributed by atoms with E-state index in [0.717, 1.165) is 32.4 Å². The van der Waals surface area contributed by atoms with Crippen LogP contribution in [0, 0.1) is 11.8 Å². The SMILES string of the molecule is CC1CCCN(S(=O)(=O)NC2CNCCC2C)C1.Cl. The zero-order chi connectivity index (χ0) is 13.2. The lowest BCUT2D eigenvalue weighted by Gasteiger charge is -2.35. The van der Waals surface area contributed by atoms with Crippen LogP contribution in [0.5, 0.6) is 0 Å². The molecule has 3 unspecified atom stereocenters. The molecule has 0 amide bonds. The van der Waals surface area contributed by atoms with Crippen molar-refractivity contribution >= 4 is 22.6 Å². The molecule has 19 heavy (non-hydrogen) atoms. The molecule has 2 aliphatic heterocycles. The molecule has 0 aromatic rings. The topological polar surface area (TPSA) is 61.4 Å². The van der Waals surface area contributed by atoms with Crippen LogP contribution in [0.25, 0.3) is 0 Å². The summed E-state index contributed by atoms with van der Waals surface area (Å²) in [5.74, 6) is 0.875. The van der Waals surface area contributed by atoms with E-state index in [-0.39, 0.29) is 18.4 Å². The van der Waals surface area contributed by atoms with E-state index in [1.165, 1.54) is 0 Å². The van der Waals surface area contributed by atoms with E-state index in [2.05, 4.69) is 23.9 Å². The van der Waals surface area contributed by atoms with Crippen LogP contribution < -0.4 is 10.0 Å². The molecule has 7 heteroatoms. The van der Waals surface area contributed by atoms with Gasteiger partial charge in [-0.3, -0.25) is 0 Å². The van der Waals surface area contributed by atoms with Crippen molar-refractivity contribution in [1.82, 2.24) is 14.3 Å². The van der Waals surface area contributed by atoms with Crippen LogP contribution in [0.4, 0.5) is 0 Å². The summed E-state index contributed by atoms with van der Waals surface area (Å²) in [5.41, 5.74) is 0. The molecular weight excluding hydrogens is 286 g/mol. The van der Waals surface area contributed by atoms with Crippen LogP contribution in [0.1, 0.15) is 33.1 Å². The molecule has 3 atom stereocenters. The summed E-state index contributed by atoms with van der Waals surface area (Å²) in [5, 5.41) is 3.25. The van der Waals surface area contributed by atoms with Gasteiger partial charge in [0.2, 0.25) is 0 Å². The Hall–Kier alpha value is 0.120. The van der Waals surface area contributed by atoms with Gasteiger partial charge in [0.25, 0.3) is 10.2 Å². The lowest BCUT2D eigenvalue weighted by atomic mass is 9.96. The highest BCUT2D eigenvalue weighted by atomic mass is 35.5. The molecule has 0 aliphatic carbocycles. The lowest BCUT2D eigenvalue weighted by molar-refractivity contribution is 0.267. The fourth-order valence-corrected chi connectivity index (χ4v) is 4.45. The molecule has 114 valence electrons. The van der Waals surface area contributed by atoms with E-state index < -0.39 is 10.2 Å². The summed E-state index contributed by atoms with van der Waals surface area (Å²) < 4.78 is 29.1. The van der Waals surface area contributed by atoms with E-state index in [1.54, 1.807) is 4.31 Å². The Labute approximate surface area is 123 Å². The summed E-state index contributed by atoms with van der Waals surface area (Å²) in [7, 11) is -3.31. The quantitative estimate of drug-likeness (QED) is 0.816. The van der Waals surface area contributed by atoms with E-state index in [4.69, 9.17) is 0 Å². The summed E-state index contributed by atoms with van der Waals surface area (Å²) in [6.45, 7) is 7.28. The highest BCUT2D eigenvalue weighted by molar-refractivity contribution is 7.87. The van der Waals surface area contributed by atoms with E-state index in [1.807, 2.05) is 0 Å². The molecule has 2 fully saturated rings. The van der Waals surface area contributed by atoms with Gasteiger partial charge in [-0.15, -0.1) is 12.4 Å². The van der Waals surface area contributed by atoms with E-state index in [9.17, 15) is 8.42 Å². The number of halogens is 1. The van der Waals surface area contributed by atoms with Crippen molar-refractivity contribution in [2.24, 2.45) is 11.8 Å². The molecule has 5 nitrogen and oxygen atoms in total. The molecule has 0 radical (unpaired) electrons. The number of nitrogens with one attached hydrogen (secondary N) is 2. The minimum atomic E-state index is -3.31. The van der Waals surface area contributed by atoms with Crippen LogP contribution in [0.2, 0.25) is 0 Å². The minimum Gasteiger partial charge on any atom is -0.315 e. The third kappa shape index (κ3) is 4.56.